The minimum absolute atomic E-state index is 0.00951. The minimum atomic E-state index is -3.75. The Balaban J connectivity index is 1.50. The quantitative estimate of drug-likeness (QED) is 0.618. The average molecular weight is 496 g/mol. The molecule has 4 rings (SSSR count). The number of amides is 1. The Bertz CT molecular complexity index is 1040. The van der Waals surface area contributed by atoms with Crippen molar-refractivity contribution in [1.82, 2.24) is 14.5 Å². The summed E-state index contributed by atoms with van der Waals surface area (Å²) in [6, 6.07) is 8.78. The van der Waals surface area contributed by atoms with Crippen LogP contribution in [0.3, 0.4) is 0 Å². The molecule has 0 radical (unpaired) electrons. The normalized spacial score (nSPS) is 21.5. The van der Waals surface area contributed by atoms with Gasteiger partial charge >= 0.3 is 0 Å². The van der Waals surface area contributed by atoms with Crippen LogP contribution < -0.4 is 5.32 Å². The van der Waals surface area contributed by atoms with E-state index in [2.05, 4.69) is 28.6 Å². The molecule has 1 aromatic heterocycles. The Kier molecular flexibility index (Phi) is 7.57. The molecule has 2 atom stereocenters. The summed E-state index contributed by atoms with van der Waals surface area (Å²) in [4.78, 5) is 16.6. The van der Waals surface area contributed by atoms with Crippen LogP contribution in [0.5, 0.6) is 0 Å². The van der Waals surface area contributed by atoms with Crippen LogP contribution in [0, 0.1) is 5.92 Å². The van der Waals surface area contributed by atoms with Gasteiger partial charge in [0.25, 0.3) is 5.91 Å². The van der Waals surface area contributed by atoms with Crippen LogP contribution >= 0.6 is 22.9 Å². The molecule has 2 fully saturated rings. The lowest BCUT2D eigenvalue weighted by atomic mass is 10.0. The first-order valence-corrected chi connectivity index (χ1v) is 13.9. The first kappa shape index (κ1) is 23.7. The van der Waals surface area contributed by atoms with Crippen molar-refractivity contribution in [3.8, 4) is 0 Å². The summed E-state index contributed by atoms with van der Waals surface area (Å²) in [5.41, 5.74) is 0.310. The Labute approximate surface area is 199 Å². The van der Waals surface area contributed by atoms with Gasteiger partial charge in [-0.1, -0.05) is 24.6 Å². The molecule has 0 saturated carbocycles. The summed E-state index contributed by atoms with van der Waals surface area (Å²) >= 11 is 7.97. The van der Waals surface area contributed by atoms with Gasteiger partial charge in [0.05, 0.1) is 11.1 Å². The van der Waals surface area contributed by atoms with Crippen LogP contribution in [-0.4, -0.2) is 56.3 Å². The Morgan fingerprint density at radius 2 is 2.00 bits per heavy atom. The highest BCUT2D eigenvalue weighted by Gasteiger charge is 2.31. The average Bonchev–Trinajstić information content (AvgIpc) is 3.49. The number of thiophene rings is 1. The predicted molar refractivity (Wildman–Crippen MR) is 129 cm³/mol. The Hall–Kier alpha value is -1.45. The molecule has 3 heterocycles. The van der Waals surface area contributed by atoms with Crippen molar-refractivity contribution in [2.45, 2.75) is 43.5 Å². The fourth-order valence-corrected chi connectivity index (χ4v) is 7.54. The molecule has 32 heavy (non-hydrogen) atoms. The van der Waals surface area contributed by atoms with Gasteiger partial charge in [0.2, 0.25) is 10.0 Å². The number of piperidine rings is 1. The summed E-state index contributed by atoms with van der Waals surface area (Å²) in [6.45, 7) is 5.54. The zero-order valence-corrected chi connectivity index (χ0v) is 20.7. The summed E-state index contributed by atoms with van der Waals surface area (Å²) in [5.74, 6) is 0.0226. The van der Waals surface area contributed by atoms with E-state index in [0.717, 1.165) is 25.9 Å². The molecule has 1 N–H and O–H groups in total. The first-order valence-electron chi connectivity index (χ1n) is 11.2. The molecule has 6 nitrogen and oxygen atoms in total. The van der Waals surface area contributed by atoms with Crippen LogP contribution in [0.1, 0.15) is 53.9 Å². The zero-order chi connectivity index (χ0) is 22.7. The predicted octanol–water partition coefficient (Wildman–Crippen LogP) is 4.39. The van der Waals surface area contributed by atoms with Gasteiger partial charge in [-0.05, 0) is 74.3 Å². The largest absolute Gasteiger partial charge is 0.350 e. The second kappa shape index (κ2) is 10.2. The number of rotatable bonds is 7. The third-order valence-electron chi connectivity index (χ3n) is 6.34. The van der Waals surface area contributed by atoms with Crippen LogP contribution in [0.2, 0.25) is 5.02 Å². The number of nitrogens with zero attached hydrogens (tertiary/aromatic N) is 2. The fourth-order valence-electron chi connectivity index (χ4n) is 4.58. The number of likely N-dealkylation sites (tertiary alicyclic amines) is 1. The number of hydrogen-bond acceptors (Lipinski definition) is 5. The first-order chi connectivity index (χ1) is 15.4. The lowest BCUT2D eigenvalue weighted by Crippen LogP contribution is -2.39. The number of carbonyl (C=O) groups excluding carboxylic acids is 1. The van der Waals surface area contributed by atoms with Gasteiger partial charge in [0.1, 0.15) is 4.90 Å². The minimum Gasteiger partial charge on any atom is -0.350 e. The van der Waals surface area contributed by atoms with Gasteiger partial charge < -0.3 is 5.32 Å². The highest BCUT2D eigenvalue weighted by Crippen LogP contribution is 2.30. The lowest BCUT2D eigenvalue weighted by molar-refractivity contribution is 0.0938. The molecule has 2 aliphatic heterocycles. The van der Waals surface area contributed by atoms with E-state index < -0.39 is 10.0 Å². The van der Waals surface area contributed by atoms with E-state index in [1.807, 2.05) is 6.07 Å². The maximum atomic E-state index is 13.2. The maximum Gasteiger partial charge on any atom is 0.251 e. The standard InChI is InChI=1S/C23H30ClN3O3S2/c1-17-6-4-12-27(16-17)32(29,30)22-14-18(8-9-19(22)24)23(28)25-15-20(21-7-5-13-31-21)26-10-2-3-11-26/h5,7-9,13-14,17,20H,2-4,6,10-12,15-16H2,1H3,(H,25,28). The van der Waals surface area contributed by atoms with Crippen LogP contribution in [0.25, 0.3) is 0 Å². The smallest absolute Gasteiger partial charge is 0.251 e. The summed E-state index contributed by atoms with van der Waals surface area (Å²) in [5, 5.41) is 5.22. The molecule has 2 unspecified atom stereocenters. The van der Waals surface area contributed by atoms with E-state index in [4.69, 9.17) is 11.6 Å². The highest BCUT2D eigenvalue weighted by atomic mass is 35.5. The van der Waals surface area contributed by atoms with Gasteiger partial charge in [0.15, 0.2) is 0 Å². The molecule has 0 aliphatic carbocycles. The van der Waals surface area contributed by atoms with Crippen molar-refractivity contribution in [3.63, 3.8) is 0 Å². The van der Waals surface area contributed by atoms with Crippen molar-refractivity contribution in [2.24, 2.45) is 5.92 Å². The van der Waals surface area contributed by atoms with Gasteiger partial charge in [-0.3, -0.25) is 9.69 Å². The Morgan fingerprint density at radius 1 is 1.22 bits per heavy atom. The van der Waals surface area contributed by atoms with E-state index in [1.54, 1.807) is 17.4 Å². The maximum absolute atomic E-state index is 13.2. The van der Waals surface area contributed by atoms with E-state index in [9.17, 15) is 13.2 Å². The Morgan fingerprint density at radius 3 is 2.69 bits per heavy atom. The second-order valence-corrected chi connectivity index (χ2v) is 12.0. The number of halogens is 1. The molecule has 2 aliphatic rings. The highest BCUT2D eigenvalue weighted by molar-refractivity contribution is 7.89. The molecule has 1 amide bonds. The van der Waals surface area contributed by atoms with Crippen LogP contribution in [-0.2, 0) is 10.0 Å². The van der Waals surface area contributed by atoms with Crippen molar-refractivity contribution < 1.29 is 13.2 Å². The zero-order valence-electron chi connectivity index (χ0n) is 18.3. The molecule has 174 valence electrons. The number of sulfonamides is 1. The van der Waals surface area contributed by atoms with Gasteiger partial charge in [0, 0.05) is 30.1 Å². The van der Waals surface area contributed by atoms with Crippen molar-refractivity contribution in [3.05, 3.63) is 51.2 Å². The number of carbonyl (C=O) groups is 1. The molecule has 0 spiro atoms. The summed E-state index contributed by atoms with van der Waals surface area (Å²) < 4.78 is 27.9. The monoisotopic (exact) mass is 495 g/mol. The van der Waals surface area contributed by atoms with Gasteiger partial charge in [-0.25, -0.2) is 8.42 Å². The van der Waals surface area contributed by atoms with Crippen molar-refractivity contribution in [1.29, 1.82) is 0 Å². The molecule has 9 heteroatoms. The lowest BCUT2D eigenvalue weighted by Gasteiger charge is -2.30. The molecular weight excluding hydrogens is 466 g/mol. The van der Waals surface area contributed by atoms with E-state index in [0.29, 0.717) is 31.1 Å². The van der Waals surface area contributed by atoms with E-state index in [1.165, 1.54) is 34.2 Å². The number of nitrogens with one attached hydrogen (secondary N) is 1. The van der Waals surface area contributed by atoms with Crippen molar-refractivity contribution in [2.75, 3.05) is 32.7 Å². The molecule has 1 aromatic carbocycles. The number of benzene rings is 1. The molecule has 0 bridgehead atoms. The third kappa shape index (κ3) is 5.20. The van der Waals surface area contributed by atoms with Crippen LogP contribution in [0.15, 0.2) is 40.6 Å². The van der Waals surface area contributed by atoms with Crippen molar-refractivity contribution >= 4 is 38.9 Å². The van der Waals surface area contributed by atoms with E-state index in [-0.39, 0.29) is 21.9 Å². The molecule has 2 saturated heterocycles. The fraction of sp³-hybridized carbons (Fsp3) is 0.522. The molecule has 2 aromatic rings. The summed E-state index contributed by atoms with van der Waals surface area (Å²) in [7, 11) is -3.75. The summed E-state index contributed by atoms with van der Waals surface area (Å²) in [6.07, 6.45) is 4.19. The second-order valence-electron chi connectivity index (χ2n) is 8.74. The third-order valence-corrected chi connectivity index (χ3v) is 9.66. The topological polar surface area (TPSA) is 69.7 Å². The van der Waals surface area contributed by atoms with Gasteiger partial charge in [-0.15, -0.1) is 11.3 Å². The molecular formula is C23H30ClN3O3S2. The van der Waals surface area contributed by atoms with Gasteiger partial charge in [-0.2, -0.15) is 4.31 Å². The van der Waals surface area contributed by atoms with E-state index >= 15 is 0 Å². The SMILES string of the molecule is CC1CCCN(S(=O)(=O)c2cc(C(=O)NCC(c3cccs3)N3CCCC3)ccc2Cl)C1. The van der Waals surface area contributed by atoms with Crippen LogP contribution in [0.4, 0.5) is 0 Å². The number of hydrogen-bond donors (Lipinski definition) is 1.